The second-order valence-corrected chi connectivity index (χ2v) is 2.95. The molecule has 0 saturated carbocycles. The first-order valence-corrected chi connectivity index (χ1v) is 4.32. The van der Waals surface area contributed by atoms with Crippen LogP contribution in [0.25, 0.3) is 0 Å². The highest BCUT2D eigenvalue weighted by molar-refractivity contribution is 4.87. The fraction of sp³-hybridized carbons (Fsp3) is 0.500. The Labute approximate surface area is 80.3 Å². The Morgan fingerprint density at radius 1 is 1.07 bits per heavy atom. The van der Waals surface area contributed by atoms with Crippen LogP contribution in [0.2, 0.25) is 0 Å². The summed E-state index contributed by atoms with van der Waals surface area (Å²) in [5.41, 5.74) is 0. The van der Waals surface area contributed by atoms with Crippen molar-refractivity contribution in [3.63, 3.8) is 0 Å². The van der Waals surface area contributed by atoms with Gasteiger partial charge in [0.1, 0.15) is 0 Å². The quantitative estimate of drug-likeness (QED) is 0.720. The predicted octanol–water partition coefficient (Wildman–Crippen LogP) is 0.855. The topological polar surface area (TPSA) is 77.8 Å². The maximum absolute atomic E-state index is 5.20. The molecule has 0 aliphatic carbocycles. The normalized spacial score (nSPS) is 10.7. The highest BCUT2D eigenvalue weighted by Gasteiger charge is 2.06. The predicted molar refractivity (Wildman–Crippen MR) is 45.5 cm³/mol. The Kier molecular flexibility index (Phi) is 2.26. The van der Waals surface area contributed by atoms with Crippen LogP contribution in [0.1, 0.15) is 23.5 Å². The molecule has 74 valence electrons. The summed E-state index contributed by atoms with van der Waals surface area (Å²) < 4.78 is 10.1. The fourth-order valence-electron chi connectivity index (χ4n) is 1.09. The second-order valence-electron chi connectivity index (χ2n) is 2.95. The van der Waals surface area contributed by atoms with E-state index in [1.165, 1.54) is 0 Å². The third-order valence-corrected chi connectivity index (χ3v) is 1.69. The zero-order valence-electron chi connectivity index (χ0n) is 8.02. The number of hydrogen-bond donors (Lipinski definition) is 0. The van der Waals surface area contributed by atoms with Crippen molar-refractivity contribution in [2.24, 2.45) is 0 Å². The van der Waals surface area contributed by atoms with Crippen molar-refractivity contribution < 1.29 is 8.94 Å². The molecule has 2 aromatic rings. The van der Waals surface area contributed by atoms with Gasteiger partial charge in [-0.15, -0.1) is 10.2 Å². The van der Waals surface area contributed by atoms with Gasteiger partial charge in [0.05, 0.1) is 0 Å². The molecule has 6 heteroatoms. The molecule has 0 bridgehead atoms. The van der Waals surface area contributed by atoms with Gasteiger partial charge in [-0.05, 0) is 6.92 Å². The number of rotatable bonds is 3. The van der Waals surface area contributed by atoms with E-state index in [1.54, 1.807) is 13.8 Å². The van der Waals surface area contributed by atoms with Crippen LogP contribution < -0.4 is 0 Å². The smallest absolute Gasteiger partial charge is 0.227 e. The lowest BCUT2D eigenvalue weighted by atomic mass is 10.3. The highest BCUT2D eigenvalue weighted by Crippen LogP contribution is 2.04. The maximum Gasteiger partial charge on any atom is 0.227 e. The molecule has 0 radical (unpaired) electrons. The van der Waals surface area contributed by atoms with Crippen LogP contribution in [0, 0.1) is 13.8 Å². The Morgan fingerprint density at radius 2 is 1.86 bits per heavy atom. The van der Waals surface area contributed by atoms with E-state index in [0.717, 1.165) is 0 Å². The third kappa shape index (κ3) is 1.95. The number of aromatic nitrogens is 4. The molecule has 0 aromatic carbocycles. The molecule has 2 heterocycles. The molecule has 0 atom stereocenters. The van der Waals surface area contributed by atoms with Gasteiger partial charge in [0.25, 0.3) is 0 Å². The first-order valence-electron chi connectivity index (χ1n) is 4.32. The van der Waals surface area contributed by atoms with Crippen molar-refractivity contribution in [2.45, 2.75) is 26.7 Å². The van der Waals surface area contributed by atoms with E-state index in [1.807, 2.05) is 0 Å². The Balaban J connectivity index is 1.94. The average molecular weight is 194 g/mol. The highest BCUT2D eigenvalue weighted by atomic mass is 16.5. The van der Waals surface area contributed by atoms with Gasteiger partial charge < -0.3 is 8.94 Å². The molecular formula is C8H10N4O2. The van der Waals surface area contributed by atoms with Gasteiger partial charge in [-0.2, -0.15) is 4.98 Å². The van der Waals surface area contributed by atoms with Gasteiger partial charge in [0.2, 0.25) is 17.7 Å². The lowest BCUT2D eigenvalue weighted by molar-refractivity contribution is 0.368. The first-order chi connectivity index (χ1) is 6.74. The van der Waals surface area contributed by atoms with Crippen LogP contribution in [0.15, 0.2) is 8.94 Å². The van der Waals surface area contributed by atoms with Crippen molar-refractivity contribution in [2.75, 3.05) is 0 Å². The maximum atomic E-state index is 5.20. The second kappa shape index (κ2) is 3.57. The zero-order chi connectivity index (χ0) is 9.97. The van der Waals surface area contributed by atoms with Gasteiger partial charge in [0.15, 0.2) is 5.82 Å². The summed E-state index contributed by atoms with van der Waals surface area (Å²) in [4.78, 5) is 4.06. The number of hydrogen-bond acceptors (Lipinski definition) is 6. The third-order valence-electron chi connectivity index (χ3n) is 1.69. The molecule has 0 fully saturated rings. The van der Waals surface area contributed by atoms with Crippen molar-refractivity contribution >= 4 is 0 Å². The van der Waals surface area contributed by atoms with E-state index in [4.69, 9.17) is 8.94 Å². The van der Waals surface area contributed by atoms with Gasteiger partial charge >= 0.3 is 0 Å². The average Bonchev–Trinajstić information content (AvgIpc) is 2.72. The molecule has 0 saturated heterocycles. The van der Waals surface area contributed by atoms with Crippen molar-refractivity contribution in [1.82, 2.24) is 20.3 Å². The molecule has 2 aromatic heterocycles. The van der Waals surface area contributed by atoms with Crippen LogP contribution >= 0.6 is 0 Å². The lowest BCUT2D eigenvalue weighted by Gasteiger charge is -1.88. The van der Waals surface area contributed by atoms with E-state index in [9.17, 15) is 0 Å². The van der Waals surface area contributed by atoms with Gasteiger partial charge in [0, 0.05) is 19.8 Å². The molecule has 0 N–H and O–H groups in total. The van der Waals surface area contributed by atoms with Crippen LogP contribution in [-0.4, -0.2) is 20.3 Å². The van der Waals surface area contributed by atoms with Crippen LogP contribution in [-0.2, 0) is 12.8 Å². The van der Waals surface area contributed by atoms with E-state index in [2.05, 4.69) is 20.3 Å². The molecule has 2 rings (SSSR count). The lowest BCUT2D eigenvalue weighted by Crippen LogP contribution is -1.91. The van der Waals surface area contributed by atoms with Gasteiger partial charge in [-0.25, -0.2) is 0 Å². The Bertz CT molecular complexity index is 380. The van der Waals surface area contributed by atoms with E-state index >= 15 is 0 Å². The summed E-state index contributed by atoms with van der Waals surface area (Å²) >= 11 is 0. The summed E-state index contributed by atoms with van der Waals surface area (Å²) in [5.74, 6) is 2.40. The van der Waals surface area contributed by atoms with Crippen molar-refractivity contribution in [3.05, 3.63) is 23.5 Å². The molecule has 14 heavy (non-hydrogen) atoms. The summed E-state index contributed by atoms with van der Waals surface area (Å²) in [5, 5.41) is 11.3. The largest absolute Gasteiger partial charge is 0.426 e. The zero-order valence-corrected chi connectivity index (χ0v) is 8.02. The summed E-state index contributed by atoms with van der Waals surface area (Å²) in [7, 11) is 0. The molecule has 0 spiro atoms. The molecule has 0 aliphatic rings. The van der Waals surface area contributed by atoms with Crippen LogP contribution in [0.3, 0.4) is 0 Å². The van der Waals surface area contributed by atoms with Crippen molar-refractivity contribution in [1.29, 1.82) is 0 Å². The summed E-state index contributed by atoms with van der Waals surface area (Å²) in [6.07, 6.45) is 1.25. The van der Waals surface area contributed by atoms with Crippen LogP contribution in [0.4, 0.5) is 0 Å². The minimum absolute atomic E-state index is 0.571. The summed E-state index contributed by atoms with van der Waals surface area (Å²) in [6.45, 7) is 3.54. The molecule has 0 unspecified atom stereocenters. The van der Waals surface area contributed by atoms with Crippen molar-refractivity contribution in [3.8, 4) is 0 Å². The molecule has 6 nitrogen and oxygen atoms in total. The first kappa shape index (κ1) is 8.86. The monoisotopic (exact) mass is 194 g/mol. The minimum atomic E-state index is 0.571. The SMILES string of the molecule is Cc1noc(CCc2nnc(C)o2)n1. The van der Waals surface area contributed by atoms with Gasteiger partial charge in [-0.3, -0.25) is 0 Å². The summed E-state index contributed by atoms with van der Waals surface area (Å²) in [6, 6.07) is 0. The number of aryl methyl sites for hydroxylation is 4. The Morgan fingerprint density at radius 3 is 2.43 bits per heavy atom. The van der Waals surface area contributed by atoms with E-state index in [-0.39, 0.29) is 0 Å². The van der Waals surface area contributed by atoms with Crippen LogP contribution in [0.5, 0.6) is 0 Å². The minimum Gasteiger partial charge on any atom is -0.426 e. The Hall–Kier alpha value is -1.72. The van der Waals surface area contributed by atoms with Gasteiger partial charge in [-0.1, -0.05) is 5.16 Å². The molecular weight excluding hydrogens is 184 g/mol. The fourth-order valence-corrected chi connectivity index (χ4v) is 1.09. The molecule has 0 aliphatic heterocycles. The molecule has 0 amide bonds. The number of nitrogens with zero attached hydrogens (tertiary/aromatic N) is 4. The standard InChI is InChI=1S/C8H10N4O2/c1-5-9-7(14-12-5)3-4-8-11-10-6(2)13-8/h3-4H2,1-2H3. The van der Waals surface area contributed by atoms with E-state index < -0.39 is 0 Å². The van der Waals surface area contributed by atoms with E-state index in [0.29, 0.717) is 36.3 Å².